The molecule has 1 aliphatic heterocycles. The molecule has 0 amide bonds. The minimum absolute atomic E-state index is 0. The number of benzene rings is 1. The molecule has 0 saturated heterocycles. The second-order valence-corrected chi connectivity index (χ2v) is 6.07. The first kappa shape index (κ1) is 15.9. The number of nitrogens with zero attached hydrogens (tertiary/aromatic N) is 2. The quantitative estimate of drug-likeness (QED) is 0.908. The Kier molecular flexibility index (Phi) is 5.73. The van der Waals surface area contributed by atoms with Gasteiger partial charge in [-0.1, -0.05) is 47.7 Å². The number of aromatic nitrogens is 2. The van der Waals surface area contributed by atoms with Crippen molar-refractivity contribution < 1.29 is 0 Å². The van der Waals surface area contributed by atoms with Gasteiger partial charge >= 0.3 is 0 Å². The maximum atomic E-state index is 5.61. The number of hydrogen-bond donors (Lipinski definition) is 2. The number of halogens is 1. The van der Waals surface area contributed by atoms with Gasteiger partial charge in [0.1, 0.15) is 5.01 Å². The second-order valence-electron chi connectivity index (χ2n) is 4.98. The molecule has 6 heteroatoms. The molecule has 1 aromatic heterocycles. The van der Waals surface area contributed by atoms with E-state index in [1.165, 1.54) is 22.5 Å². The minimum atomic E-state index is 0. The monoisotopic (exact) mass is 322 g/mol. The van der Waals surface area contributed by atoms with Crippen LogP contribution in [0.1, 0.15) is 23.4 Å². The molecule has 0 radical (unpaired) electrons. The highest BCUT2D eigenvalue weighted by Crippen LogP contribution is 2.24. The summed E-state index contributed by atoms with van der Waals surface area (Å²) in [6.07, 6.45) is 5.36. The number of nitrogens with one attached hydrogen (secondary N) is 1. The molecule has 3 rings (SSSR count). The summed E-state index contributed by atoms with van der Waals surface area (Å²) < 4.78 is 0. The van der Waals surface area contributed by atoms with Crippen molar-refractivity contribution in [3.8, 4) is 0 Å². The van der Waals surface area contributed by atoms with Crippen molar-refractivity contribution in [3.63, 3.8) is 0 Å². The second kappa shape index (κ2) is 7.54. The first-order valence-electron chi connectivity index (χ1n) is 6.87. The van der Waals surface area contributed by atoms with E-state index in [-0.39, 0.29) is 12.4 Å². The molecule has 0 fully saturated rings. The van der Waals surface area contributed by atoms with Crippen LogP contribution in [0.25, 0.3) is 5.57 Å². The van der Waals surface area contributed by atoms with E-state index in [9.17, 15) is 0 Å². The van der Waals surface area contributed by atoms with E-state index in [0.717, 1.165) is 30.8 Å². The maximum absolute atomic E-state index is 5.61. The minimum Gasteiger partial charge on any atom is -0.374 e. The Morgan fingerprint density at radius 3 is 2.76 bits per heavy atom. The van der Waals surface area contributed by atoms with Crippen molar-refractivity contribution >= 4 is 34.4 Å². The lowest BCUT2D eigenvalue weighted by Gasteiger charge is -2.24. The summed E-state index contributed by atoms with van der Waals surface area (Å²) in [4.78, 5) is 0. The predicted molar refractivity (Wildman–Crippen MR) is 90.7 cm³/mol. The van der Waals surface area contributed by atoms with E-state index in [4.69, 9.17) is 5.73 Å². The van der Waals surface area contributed by atoms with Gasteiger partial charge in [-0.2, -0.15) is 0 Å². The molecule has 21 heavy (non-hydrogen) atoms. The molecule has 1 unspecified atom stereocenters. The van der Waals surface area contributed by atoms with Crippen molar-refractivity contribution in [2.45, 2.75) is 25.3 Å². The molecule has 0 aliphatic carbocycles. The van der Waals surface area contributed by atoms with Crippen molar-refractivity contribution in [2.24, 2.45) is 0 Å². The number of aryl methyl sites for hydroxylation is 1. The van der Waals surface area contributed by atoms with Crippen LogP contribution in [0.3, 0.4) is 0 Å². The van der Waals surface area contributed by atoms with Crippen molar-refractivity contribution in [1.82, 2.24) is 15.5 Å². The third kappa shape index (κ3) is 4.27. The molecule has 1 aromatic carbocycles. The van der Waals surface area contributed by atoms with E-state index in [1.807, 2.05) is 0 Å². The first-order chi connectivity index (χ1) is 9.81. The molecule has 2 heterocycles. The van der Waals surface area contributed by atoms with Gasteiger partial charge in [0.2, 0.25) is 5.13 Å². The van der Waals surface area contributed by atoms with Crippen LogP contribution in [0.15, 0.2) is 36.4 Å². The van der Waals surface area contributed by atoms with Crippen LogP contribution in [-0.2, 0) is 6.42 Å². The number of anilines is 1. The van der Waals surface area contributed by atoms with Gasteiger partial charge in [-0.3, -0.25) is 0 Å². The molecule has 0 bridgehead atoms. The average Bonchev–Trinajstić information content (AvgIpc) is 2.92. The highest BCUT2D eigenvalue weighted by atomic mass is 35.5. The number of hydrogen-bond acceptors (Lipinski definition) is 5. The predicted octanol–water partition coefficient (Wildman–Crippen LogP) is 2.92. The van der Waals surface area contributed by atoms with Crippen LogP contribution in [-0.4, -0.2) is 22.8 Å². The molecule has 4 nitrogen and oxygen atoms in total. The molecule has 112 valence electrons. The normalized spacial score (nSPS) is 17.9. The summed E-state index contributed by atoms with van der Waals surface area (Å²) in [7, 11) is 0. The highest BCUT2D eigenvalue weighted by Gasteiger charge is 2.16. The lowest BCUT2D eigenvalue weighted by atomic mass is 9.93. The van der Waals surface area contributed by atoms with Crippen molar-refractivity contribution in [1.29, 1.82) is 0 Å². The van der Waals surface area contributed by atoms with E-state index < -0.39 is 0 Å². The topological polar surface area (TPSA) is 63.8 Å². The van der Waals surface area contributed by atoms with Gasteiger partial charge in [0.25, 0.3) is 0 Å². The van der Waals surface area contributed by atoms with Crippen LogP contribution in [0.5, 0.6) is 0 Å². The van der Waals surface area contributed by atoms with Crippen molar-refractivity contribution in [3.05, 3.63) is 47.0 Å². The highest BCUT2D eigenvalue weighted by molar-refractivity contribution is 7.15. The molecule has 0 spiro atoms. The summed E-state index contributed by atoms with van der Waals surface area (Å²) in [5, 5.41) is 13.1. The summed E-state index contributed by atoms with van der Waals surface area (Å²) in [5.41, 5.74) is 8.37. The third-order valence-electron chi connectivity index (χ3n) is 3.56. The van der Waals surface area contributed by atoms with E-state index in [2.05, 4.69) is 51.9 Å². The summed E-state index contributed by atoms with van der Waals surface area (Å²) in [6.45, 7) is 0.938. The average molecular weight is 323 g/mol. The number of rotatable bonds is 4. The summed E-state index contributed by atoms with van der Waals surface area (Å²) >= 11 is 1.49. The van der Waals surface area contributed by atoms with Gasteiger partial charge in [-0.05, 0) is 24.0 Å². The van der Waals surface area contributed by atoms with Crippen LogP contribution < -0.4 is 11.1 Å². The zero-order chi connectivity index (χ0) is 13.8. The maximum Gasteiger partial charge on any atom is 0.203 e. The van der Waals surface area contributed by atoms with Crippen molar-refractivity contribution in [2.75, 3.05) is 12.3 Å². The molecule has 0 saturated carbocycles. The molecule has 3 N–H and O–H groups in total. The molecule has 1 atom stereocenters. The third-order valence-corrected chi connectivity index (χ3v) is 4.37. The Bertz CT molecular complexity index is 597. The number of nitrogens with two attached hydrogens (primary N) is 1. The van der Waals surface area contributed by atoms with E-state index >= 15 is 0 Å². The Hall–Kier alpha value is -1.43. The van der Waals surface area contributed by atoms with E-state index in [0.29, 0.717) is 11.2 Å². The SMILES string of the molecule is Cl.Nc1nnc(CCC2CC(c3ccccc3)=CCN2)s1. The fraction of sp³-hybridized carbons (Fsp3) is 0.333. The van der Waals surface area contributed by atoms with Crippen LogP contribution in [0, 0.1) is 0 Å². The summed E-state index contributed by atoms with van der Waals surface area (Å²) in [5.74, 6) is 0. The Balaban J connectivity index is 0.00000161. The molecular formula is C15H19ClN4S. The first-order valence-corrected chi connectivity index (χ1v) is 7.68. The number of nitrogen functional groups attached to an aromatic ring is 1. The lowest BCUT2D eigenvalue weighted by molar-refractivity contribution is 0.500. The Labute approximate surface area is 134 Å². The molecule has 1 aliphatic rings. The Morgan fingerprint density at radius 2 is 2.05 bits per heavy atom. The fourth-order valence-electron chi connectivity index (χ4n) is 2.53. The molecular weight excluding hydrogens is 304 g/mol. The standard InChI is InChI=1S/C15H18N4S.ClH/c16-15-19-18-14(20-15)7-6-13-10-12(8-9-17-13)11-4-2-1-3-5-11;/h1-5,8,13,17H,6-7,9-10H2,(H2,16,19);1H. The Morgan fingerprint density at radius 1 is 1.24 bits per heavy atom. The van der Waals surface area contributed by atoms with Crippen LogP contribution in [0.4, 0.5) is 5.13 Å². The van der Waals surface area contributed by atoms with Gasteiger partial charge in [0.15, 0.2) is 0 Å². The van der Waals surface area contributed by atoms with Gasteiger partial charge in [0.05, 0.1) is 0 Å². The zero-order valence-corrected chi connectivity index (χ0v) is 13.3. The van der Waals surface area contributed by atoms with Gasteiger partial charge in [0, 0.05) is 19.0 Å². The molecule has 2 aromatic rings. The van der Waals surface area contributed by atoms with Gasteiger partial charge in [-0.15, -0.1) is 22.6 Å². The van der Waals surface area contributed by atoms with Crippen LogP contribution >= 0.6 is 23.7 Å². The van der Waals surface area contributed by atoms with Crippen LogP contribution in [0.2, 0.25) is 0 Å². The van der Waals surface area contributed by atoms with Gasteiger partial charge in [-0.25, -0.2) is 0 Å². The largest absolute Gasteiger partial charge is 0.374 e. The van der Waals surface area contributed by atoms with Gasteiger partial charge < -0.3 is 11.1 Å². The summed E-state index contributed by atoms with van der Waals surface area (Å²) in [6, 6.07) is 11.1. The smallest absolute Gasteiger partial charge is 0.203 e. The van der Waals surface area contributed by atoms with E-state index in [1.54, 1.807) is 0 Å². The zero-order valence-electron chi connectivity index (χ0n) is 11.7. The lowest BCUT2D eigenvalue weighted by Crippen LogP contribution is -2.33. The fourth-order valence-corrected chi connectivity index (χ4v) is 3.15.